The second-order valence-corrected chi connectivity index (χ2v) is 4.26. The number of nitrogens with two attached hydrogens (primary N) is 1. The molecule has 2 aromatic carbocycles. The molecule has 0 amide bonds. The van der Waals surface area contributed by atoms with Crippen molar-refractivity contribution < 1.29 is 5.11 Å². The molecule has 3 rings (SSSR count). The van der Waals surface area contributed by atoms with Gasteiger partial charge in [-0.2, -0.15) is 0 Å². The van der Waals surface area contributed by atoms with Crippen LogP contribution in [0.3, 0.4) is 0 Å². The van der Waals surface area contributed by atoms with Gasteiger partial charge in [-0.25, -0.2) is 0 Å². The summed E-state index contributed by atoms with van der Waals surface area (Å²) >= 11 is 0. The number of nitrogens with zero attached hydrogens (tertiary/aromatic N) is 1. The predicted octanol–water partition coefficient (Wildman–Crippen LogP) is 2.71. The molecular weight excluding hydrogens is 224 g/mol. The molecule has 3 heteroatoms. The molecule has 0 fully saturated rings. The molecule has 0 radical (unpaired) electrons. The maximum absolute atomic E-state index is 9.42. The molecule has 0 spiro atoms. The van der Waals surface area contributed by atoms with Crippen LogP contribution in [0.25, 0.3) is 16.6 Å². The highest BCUT2D eigenvalue weighted by molar-refractivity contribution is 5.86. The standard InChI is InChI=1S/C15H14N2O/c16-13-6-2-4-8-15(13)17-9-11(10-18)12-5-1-3-7-14(12)17/h1-9,18H,10,16H2. The monoisotopic (exact) mass is 238 g/mol. The maximum Gasteiger partial charge on any atom is 0.0702 e. The van der Waals surface area contributed by atoms with Crippen LogP contribution in [-0.2, 0) is 6.61 Å². The molecule has 0 aliphatic heterocycles. The van der Waals surface area contributed by atoms with Gasteiger partial charge in [0, 0.05) is 17.1 Å². The highest BCUT2D eigenvalue weighted by Crippen LogP contribution is 2.27. The average molecular weight is 238 g/mol. The largest absolute Gasteiger partial charge is 0.397 e. The van der Waals surface area contributed by atoms with E-state index in [-0.39, 0.29) is 6.61 Å². The molecule has 18 heavy (non-hydrogen) atoms. The average Bonchev–Trinajstić information content (AvgIpc) is 2.78. The third-order valence-corrected chi connectivity index (χ3v) is 3.16. The highest BCUT2D eigenvalue weighted by Gasteiger charge is 2.09. The van der Waals surface area contributed by atoms with Crippen LogP contribution in [-0.4, -0.2) is 9.67 Å². The Bertz CT molecular complexity index is 701. The molecule has 0 saturated carbocycles. The summed E-state index contributed by atoms with van der Waals surface area (Å²) in [4.78, 5) is 0. The van der Waals surface area contributed by atoms with Crippen molar-refractivity contribution >= 4 is 16.6 Å². The molecule has 0 aliphatic rings. The van der Waals surface area contributed by atoms with Crippen molar-refractivity contribution in [1.29, 1.82) is 0 Å². The van der Waals surface area contributed by atoms with Gasteiger partial charge in [-0.15, -0.1) is 0 Å². The third kappa shape index (κ3) is 1.57. The van der Waals surface area contributed by atoms with Gasteiger partial charge in [-0.05, 0) is 18.2 Å². The van der Waals surface area contributed by atoms with Gasteiger partial charge >= 0.3 is 0 Å². The molecule has 1 heterocycles. The Kier molecular flexibility index (Phi) is 2.54. The molecule has 0 unspecified atom stereocenters. The lowest BCUT2D eigenvalue weighted by molar-refractivity contribution is 0.283. The summed E-state index contributed by atoms with van der Waals surface area (Å²) < 4.78 is 2.02. The van der Waals surface area contributed by atoms with Crippen molar-refractivity contribution in [2.45, 2.75) is 6.61 Å². The molecule has 90 valence electrons. The van der Waals surface area contributed by atoms with E-state index in [2.05, 4.69) is 0 Å². The first-order chi connectivity index (χ1) is 8.81. The first-order valence-electron chi connectivity index (χ1n) is 5.86. The van der Waals surface area contributed by atoms with E-state index in [4.69, 9.17) is 5.73 Å². The van der Waals surface area contributed by atoms with Gasteiger partial charge in [0.05, 0.1) is 23.5 Å². The third-order valence-electron chi connectivity index (χ3n) is 3.16. The Morgan fingerprint density at radius 1 is 1.00 bits per heavy atom. The Labute approximate surface area is 105 Å². The molecule has 0 bridgehead atoms. The van der Waals surface area contributed by atoms with Crippen LogP contribution in [0.4, 0.5) is 5.69 Å². The van der Waals surface area contributed by atoms with Crippen molar-refractivity contribution in [3.63, 3.8) is 0 Å². The smallest absolute Gasteiger partial charge is 0.0702 e. The summed E-state index contributed by atoms with van der Waals surface area (Å²) in [6, 6.07) is 15.7. The molecule has 0 saturated heterocycles. The predicted molar refractivity (Wildman–Crippen MR) is 73.6 cm³/mol. The van der Waals surface area contributed by atoms with Crippen LogP contribution in [0.15, 0.2) is 54.7 Å². The number of aromatic nitrogens is 1. The molecule has 0 atom stereocenters. The second kappa shape index (κ2) is 4.20. The van der Waals surface area contributed by atoms with Gasteiger partial charge in [-0.3, -0.25) is 0 Å². The van der Waals surface area contributed by atoms with E-state index in [1.807, 2.05) is 59.3 Å². The van der Waals surface area contributed by atoms with Crippen LogP contribution >= 0.6 is 0 Å². The number of rotatable bonds is 2. The number of hydrogen-bond donors (Lipinski definition) is 2. The van der Waals surface area contributed by atoms with Crippen molar-refractivity contribution in [2.75, 3.05) is 5.73 Å². The lowest BCUT2D eigenvalue weighted by Gasteiger charge is -2.08. The first-order valence-corrected chi connectivity index (χ1v) is 5.86. The number of fused-ring (bicyclic) bond motifs is 1. The van der Waals surface area contributed by atoms with Crippen LogP contribution < -0.4 is 5.73 Å². The van der Waals surface area contributed by atoms with Gasteiger partial charge in [0.1, 0.15) is 0 Å². The van der Waals surface area contributed by atoms with Gasteiger partial charge < -0.3 is 15.4 Å². The fraction of sp³-hybridized carbons (Fsp3) is 0.0667. The van der Waals surface area contributed by atoms with Crippen molar-refractivity contribution in [1.82, 2.24) is 4.57 Å². The lowest BCUT2D eigenvalue weighted by atomic mass is 10.2. The zero-order valence-electron chi connectivity index (χ0n) is 9.88. The summed E-state index contributed by atoms with van der Waals surface area (Å²) in [7, 11) is 0. The van der Waals surface area contributed by atoms with Crippen LogP contribution in [0.1, 0.15) is 5.56 Å². The number of benzene rings is 2. The maximum atomic E-state index is 9.42. The van der Waals surface area contributed by atoms with E-state index in [1.54, 1.807) is 0 Å². The van der Waals surface area contributed by atoms with Crippen molar-refractivity contribution in [3.8, 4) is 5.69 Å². The fourth-order valence-electron chi connectivity index (χ4n) is 2.28. The molecule has 0 aliphatic carbocycles. The summed E-state index contributed by atoms with van der Waals surface area (Å²) in [6.07, 6.45) is 1.94. The summed E-state index contributed by atoms with van der Waals surface area (Å²) in [5, 5.41) is 10.5. The van der Waals surface area contributed by atoms with E-state index < -0.39 is 0 Å². The van der Waals surface area contributed by atoms with Crippen LogP contribution in [0, 0.1) is 0 Å². The molecular formula is C15H14N2O. The van der Waals surface area contributed by atoms with E-state index in [0.29, 0.717) is 0 Å². The minimum absolute atomic E-state index is 0.0280. The fourth-order valence-corrected chi connectivity index (χ4v) is 2.28. The number of aliphatic hydroxyl groups is 1. The highest BCUT2D eigenvalue weighted by atomic mass is 16.3. The van der Waals surface area contributed by atoms with Crippen LogP contribution in [0.2, 0.25) is 0 Å². The Balaban J connectivity index is 2.33. The molecule has 1 aromatic heterocycles. The number of para-hydroxylation sites is 3. The minimum atomic E-state index is 0.0280. The van der Waals surface area contributed by atoms with Crippen LogP contribution in [0.5, 0.6) is 0 Å². The van der Waals surface area contributed by atoms with E-state index in [9.17, 15) is 5.11 Å². The molecule has 3 aromatic rings. The van der Waals surface area contributed by atoms with Crippen molar-refractivity contribution in [3.05, 3.63) is 60.3 Å². The molecule has 3 nitrogen and oxygen atoms in total. The van der Waals surface area contributed by atoms with Gasteiger partial charge in [0.25, 0.3) is 0 Å². The minimum Gasteiger partial charge on any atom is -0.397 e. The van der Waals surface area contributed by atoms with E-state index >= 15 is 0 Å². The van der Waals surface area contributed by atoms with Crippen molar-refractivity contribution in [2.24, 2.45) is 0 Å². The zero-order chi connectivity index (χ0) is 12.5. The first kappa shape index (κ1) is 10.9. The van der Waals surface area contributed by atoms with Gasteiger partial charge in [-0.1, -0.05) is 30.3 Å². The summed E-state index contributed by atoms with van der Waals surface area (Å²) in [6.45, 7) is 0.0280. The second-order valence-electron chi connectivity index (χ2n) is 4.26. The molecule has 3 N–H and O–H groups in total. The topological polar surface area (TPSA) is 51.2 Å². The van der Waals surface area contributed by atoms with E-state index in [0.717, 1.165) is 27.8 Å². The van der Waals surface area contributed by atoms with E-state index in [1.165, 1.54) is 0 Å². The van der Waals surface area contributed by atoms with Gasteiger partial charge in [0.2, 0.25) is 0 Å². The number of hydrogen-bond acceptors (Lipinski definition) is 2. The zero-order valence-corrected chi connectivity index (χ0v) is 9.88. The number of anilines is 1. The van der Waals surface area contributed by atoms with Gasteiger partial charge in [0.15, 0.2) is 0 Å². The number of nitrogen functional groups attached to an aromatic ring is 1. The Morgan fingerprint density at radius 3 is 2.50 bits per heavy atom. The SMILES string of the molecule is Nc1ccccc1-n1cc(CO)c2ccccc21. The Morgan fingerprint density at radius 2 is 1.72 bits per heavy atom. The quantitative estimate of drug-likeness (QED) is 0.674. The normalized spacial score (nSPS) is 10.9. The summed E-state index contributed by atoms with van der Waals surface area (Å²) in [5.41, 5.74) is 9.64. The number of aliphatic hydroxyl groups excluding tert-OH is 1. The summed E-state index contributed by atoms with van der Waals surface area (Å²) in [5.74, 6) is 0. The lowest BCUT2D eigenvalue weighted by Crippen LogP contribution is -1.97. The Hall–Kier alpha value is -2.26.